The number of nitrogens with one attached hydrogen (secondary N) is 1. The first-order valence-corrected chi connectivity index (χ1v) is 4.16. The maximum absolute atomic E-state index is 10.7. The average molecular weight is 182 g/mol. The van der Waals surface area contributed by atoms with Gasteiger partial charge in [0, 0.05) is 5.56 Å². The summed E-state index contributed by atoms with van der Waals surface area (Å²) in [6, 6.07) is 0. The van der Waals surface area contributed by atoms with Crippen molar-refractivity contribution in [3.8, 4) is 0 Å². The van der Waals surface area contributed by atoms with Crippen molar-refractivity contribution in [2.45, 2.75) is 26.1 Å². The zero-order valence-electron chi connectivity index (χ0n) is 7.20. The van der Waals surface area contributed by atoms with E-state index in [0.29, 0.717) is 12.2 Å². The van der Waals surface area contributed by atoms with Gasteiger partial charge in [0.2, 0.25) is 0 Å². The summed E-state index contributed by atoms with van der Waals surface area (Å²) in [5, 5.41) is 15.2. The lowest BCUT2D eigenvalue weighted by molar-refractivity contribution is 0.0577. The zero-order chi connectivity index (χ0) is 9.42. The first-order valence-electron chi connectivity index (χ1n) is 4.16. The summed E-state index contributed by atoms with van der Waals surface area (Å²) >= 11 is 0. The highest BCUT2D eigenvalue weighted by Gasteiger charge is 2.29. The van der Waals surface area contributed by atoms with E-state index in [0.717, 1.165) is 12.1 Å². The standard InChI is InChI=1S/C8H10N2O3/c1-2-5-6-4(3-13-5)7(8(11)12)10-9-6/h5H,2-3H2,1H3,(H,9,10)(H,11,12). The smallest absolute Gasteiger partial charge is 0.356 e. The lowest BCUT2D eigenvalue weighted by Crippen LogP contribution is -2.00. The molecule has 0 saturated carbocycles. The van der Waals surface area contributed by atoms with Gasteiger partial charge in [-0.05, 0) is 6.42 Å². The van der Waals surface area contributed by atoms with Crippen LogP contribution in [0.4, 0.5) is 0 Å². The van der Waals surface area contributed by atoms with Gasteiger partial charge in [0.15, 0.2) is 5.69 Å². The number of nitrogens with zero attached hydrogens (tertiary/aromatic N) is 1. The van der Waals surface area contributed by atoms with E-state index in [1.165, 1.54) is 0 Å². The third-order valence-corrected chi connectivity index (χ3v) is 2.22. The number of hydrogen-bond acceptors (Lipinski definition) is 3. The lowest BCUT2D eigenvalue weighted by Gasteiger charge is -2.03. The lowest BCUT2D eigenvalue weighted by atomic mass is 10.1. The minimum atomic E-state index is -1.00. The summed E-state index contributed by atoms with van der Waals surface area (Å²) in [5.41, 5.74) is 1.60. The molecule has 0 saturated heterocycles. The molecule has 0 aliphatic carbocycles. The molecule has 1 aromatic heterocycles. The molecule has 1 aliphatic heterocycles. The number of ether oxygens (including phenoxy) is 1. The van der Waals surface area contributed by atoms with Crippen molar-refractivity contribution in [2.24, 2.45) is 0 Å². The fourth-order valence-corrected chi connectivity index (χ4v) is 1.56. The van der Waals surface area contributed by atoms with E-state index < -0.39 is 5.97 Å². The SMILES string of the molecule is CCC1OCc2c(C(=O)O)n[nH]c21. The molecule has 13 heavy (non-hydrogen) atoms. The number of H-pyrrole nitrogens is 1. The van der Waals surface area contributed by atoms with Gasteiger partial charge < -0.3 is 9.84 Å². The Balaban J connectivity index is 2.41. The van der Waals surface area contributed by atoms with Crippen LogP contribution in [0.3, 0.4) is 0 Å². The summed E-state index contributed by atoms with van der Waals surface area (Å²) < 4.78 is 5.37. The molecule has 2 N–H and O–H groups in total. The van der Waals surface area contributed by atoms with E-state index >= 15 is 0 Å². The summed E-state index contributed by atoms with van der Waals surface area (Å²) in [6.45, 7) is 2.34. The van der Waals surface area contributed by atoms with Crippen LogP contribution >= 0.6 is 0 Å². The Hall–Kier alpha value is -1.36. The Morgan fingerprint density at radius 1 is 1.85 bits per heavy atom. The molecule has 0 spiro atoms. The Bertz CT molecular complexity index is 345. The molecule has 1 aliphatic rings. The first-order chi connectivity index (χ1) is 6.24. The fraction of sp³-hybridized carbons (Fsp3) is 0.500. The molecular formula is C8H10N2O3. The summed E-state index contributed by atoms with van der Waals surface area (Å²) in [4.78, 5) is 10.7. The second-order valence-electron chi connectivity index (χ2n) is 2.98. The maximum atomic E-state index is 10.7. The number of carboxylic acids is 1. The number of aromatic nitrogens is 2. The van der Waals surface area contributed by atoms with Gasteiger partial charge >= 0.3 is 5.97 Å². The third-order valence-electron chi connectivity index (χ3n) is 2.22. The quantitative estimate of drug-likeness (QED) is 0.717. The number of fused-ring (bicyclic) bond motifs is 1. The van der Waals surface area contributed by atoms with Crippen LogP contribution in [0.15, 0.2) is 0 Å². The topological polar surface area (TPSA) is 75.2 Å². The van der Waals surface area contributed by atoms with Crippen molar-refractivity contribution in [3.63, 3.8) is 0 Å². The van der Waals surface area contributed by atoms with Gasteiger partial charge in [-0.1, -0.05) is 6.92 Å². The molecule has 70 valence electrons. The van der Waals surface area contributed by atoms with Gasteiger partial charge in [0.25, 0.3) is 0 Å². The van der Waals surface area contributed by atoms with Crippen LogP contribution < -0.4 is 0 Å². The molecule has 0 fully saturated rings. The molecule has 0 amide bonds. The third kappa shape index (κ3) is 1.12. The molecule has 5 nitrogen and oxygen atoms in total. The van der Waals surface area contributed by atoms with Crippen LogP contribution in [-0.4, -0.2) is 21.3 Å². The minimum absolute atomic E-state index is 0.0180. The summed E-state index contributed by atoms with van der Waals surface area (Å²) in [7, 11) is 0. The Morgan fingerprint density at radius 2 is 2.62 bits per heavy atom. The molecule has 1 atom stereocenters. The molecule has 2 rings (SSSR count). The molecule has 2 heterocycles. The highest BCUT2D eigenvalue weighted by molar-refractivity contribution is 5.87. The second-order valence-corrected chi connectivity index (χ2v) is 2.98. The predicted molar refractivity (Wildman–Crippen MR) is 43.4 cm³/mol. The second kappa shape index (κ2) is 2.85. The number of aromatic carboxylic acids is 1. The highest BCUT2D eigenvalue weighted by atomic mass is 16.5. The van der Waals surface area contributed by atoms with E-state index in [-0.39, 0.29) is 11.8 Å². The van der Waals surface area contributed by atoms with Crippen molar-refractivity contribution >= 4 is 5.97 Å². The normalized spacial score (nSPS) is 20.2. The fourth-order valence-electron chi connectivity index (χ4n) is 1.56. The van der Waals surface area contributed by atoms with Gasteiger partial charge in [-0.2, -0.15) is 5.10 Å². The molecule has 0 aromatic carbocycles. The largest absolute Gasteiger partial charge is 0.476 e. The van der Waals surface area contributed by atoms with Gasteiger partial charge in [0.05, 0.1) is 18.4 Å². The molecule has 1 aromatic rings. The highest BCUT2D eigenvalue weighted by Crippen LogP contribution is 2.32. The average Bonchev–Trinajstić information content (AvgIpc) is 2.61. The van der Waals surface area contributed by atoms with Crippen LogP contribution in [-0.2, 0) is 11.3 Å². The Labute approximate surface area is 74.7 Å². The number of carboxylic acid groups (broad SMARTS) is 1. The number of hydrogen-bond donors (Lipinski definition) is 2. The van der Waals surface area contributed by atoms with Crippen LogP contribution in [0.1, 0.15) is 41.2 Å². The van der Waals surface area contributed by atoms with E-state index in [1.807, 2.05) is 6.92 Å². The van der Waals surface area contributed by atoms with E-state index in [1.54, 1.807) is 0 Å². The van der Waals surface area contributed by atoms with Crippen molar-refractivity contribution in [3.05, 3.63) is 17.0 Å². The molecule has 0 radical (unpaired) electrons. The zero-order valence-corrected chi connectivity index (χ0v) is 7.20. The van der Waals surface area contributed by atoms with E-state index in [9.17, 15) is 4.79 Å². The van der Waals surface area contributed by atoms with Gasteiger partial charge in [-0.3, -0.25) is 5.10 Å². The van der Waals surface area contributed by atoms with Crippen molar-refractivity contribution < 1.29 is 14.6 Å². The first kappa shape index (κ1) is 8.25. The van der Waals surface area contributed by atoms with E-state index in [2.05, 4.69) is 10.2 Å². The molecule has 0 bridgehead atoms. The van der Waals surface area contributed by atoms with Crippen molar-refractivity contribution in [2.75, 3.05) is 0 Å². The monoisotopic (exact) mass is 182 g/mol. The molecule has 1 unspecified atom stereocenters. The van der Waals surface area contributed by atoms with Crippen LogP contribution in [0.2, 0.25) is 0 Å². The van der Waals surface area contributed by atoms with E-state index in [4.69, 9.17) is 9.84 Å². The van der Waals surface area contributed by atoms with Crippen LogP contribution in [0.25, 0.3) is 0 Å². The van der Waals surface area contributed by atoms with Gasteiger partial charge in [-0.15, -0.1) is 0 Å². The molecular weight excluding hydrogens is 172 g/mol. The molecule has 5 heteroatoms. The van der Waals surface area contributed by atoms with Crippen molar-refractivity contribution in [1.29, 1.82) is 0 Å². The van der Waals surface area contributed by atoms with Gasteiger partial charge in [0.1, 0.15) is 0 Å². The Kier molecular flexibility index (Phi) is 1.81. The summed E-state index contributed by atoms with van der Waals surface area (Å²) in [5.74, 6) is -1.00. The number of carbonyl (C=O) groups is 1. The van der Waals surface area contributed by atoms with Crippen LogP contribution in [0.5, 0.6) is 0 Å². The minimum Gasteiger partial charge on any atom is -0.476 e. The number of aromatic amines is 1. The predicted octanol–water partition coefficient (Wildman–Crippen LogP) is 1.09. The van der Waals surface area contributed by atoms with Crippen molar-refractivity contribution in [1.82, 2.24) is 10.2 Å². The summed E-state index contributed by atoms with van der Waals surface area (Å²) in [6.07, 6.45) is 0.810. The number of rotatable bonds is 2. The van der Waals surface area contributed by atoms with Crippen LogP contribution in [0, 0.1) is 0 Å². The van der Waals surface area contributed by atoms with Gasteiger partial charge in [-0.25, -0.2) is 4.79 Å². The Morgan fingerprint density at radius 3 is 3.23 bits per heavy atom. The maximum Gasteiger partial charge on any atom is 0.356 e.